The third kappa shape index (κ3) is 100. The van der Waals surface area contributed by atoms with Gasteiger partial charge >= 0.3 is 142 Å². The topological polar surface area (TPSA) is 126 Å². The molecular formula is CaO6SrTi2. The smallest absolute Gasteiger partial charge is 2.00 e. The van der Waals surface area contributed by atoms with Crippen molar-refractivity contribution in [3.63, 3.8) is 0 Å². The third-order valence-corrected chi connectivity index (χ3v) is 0. The maximum atomic E-state index is 8.58. The summed E-state index contributed by atoms with van der Waals surface area (Å²) in [7, 11) is 0. The van der Waals surface area contributed by atoms with Gasteiger partial charge in [-0.25, -0.2) is 0 Å². The summed E-state index contributed by atoms with van der Waals surface area (Å²) in [4.78, 5) is 0. The van der Waals surface area contributed by atoms with Crippen LogP contribution < -0.4 is 14.8 Å². The number of rotatable bonds is 0. The average molecular weight is 319 g/mol. The number of hydrogen-bond donors (Lipinski definition) is 0. The summed E-state index contributed by atoms with van der Waals surface area (Å²) < 4.78 is 51.5. The van der Waals surface area contributed by atoms with Crippen molar-refractivity contribution < 1.29 is 58.6 Å². The molecule has 0 unspecified atom stereocenters. The van der Waals surface area contributed by atoms with E-state index in [-0.39, 0.29) is 83.2 Å². The van der Waals surface area contributed by atoms with Gasteiger partial charge in [-0.05, 0) is 0 Å². The van der Waals surface area contributed by atoms with Gasteiger partial charge in [-0.1, -0.05) is 0 Å². The van der Waals surface area contributed by atoms with Crippen LogP contribution in [0.3, 0.4) is 0 Å². The fourth-order valence-corrected chi connectivity index (χ4v) is 0. The first kappa shape index (κ1) is 23.4. The van der Waals surface area contributed by atoms with Crippen LogP contribution in [0, 0.1) is 0 Å². The van der Waals surface area contributed by atoms with Crippen molar-refractivity contribution in [2.45, 2.75) is 0 Å². The molecule has 0 fully saturated rings. The minimum Gasteiger partial charge on any atom is 2.00 e. The molecule has 0 aromatic carbocycles. The molecular weight excluding hydrogens is 319 g/mol. The van der Waals surface area contributed by atoms with E-state index in [1.165, 1.54) is 0 Å². The predicted molar refractivity (Wildman–Crippen MR) is 12.9 cm³/mol. The Kier molecular flexibility index (Phi) is 43.1. The van der Waals surface area contributed by atoms with Crippen molar-refractivity contribution in [1.82, 2.24) is 0 Å². The molecule has 0 bridgehead atoms. The molecule has 0 saturated carbocycles. The second kappa shape index (κ2) is 18.4. The molecule has 0 aliphatic carbocycles. The fraction of sp³-hybridized carbons (Fsp3) is 0. The maximum Gasteiger partial charge on any atom is 2.00 e. The molecule has 0 aliphatic heterocycles. The van der Waals surface area contributed by atoms with E-state index in [4.69, 9.17) is 21.4 Å². The van der Waals surface area contributed by atoms with Crippen LogP contribution in [0.4, 0.5) is 0 Å². The van der Waals surface area contributed by atoms with E-state index in [9.17, 15) is 0 Å². The van der Waals surface area contributed by atoms with Crippen molar-refractivity contribution in [2.75, 3.05) is 0 Å². The molecule has 10 heteroatoms. The van der Waals surface area contributed by atoms with E-state index in [1.54, 1.807) is 0 Å². The van der Waals surface area contributed by atoms with Crippen molar-refractivity contribution in [3.05, 3.63) is 0 Å². The zero-order valence-electron chi connectivity index (χ0n) is 4.86. The van der Waals surface area contributed by atoms with Gasteiger partial charge in [0.2, 0.25) is 0 Å². The Morgan fingerprint density at radius 2 is 0.800 bits per heavy atom. The number of hydrogen-bond acceptors (Lipinski definition) is 6. The summed E-state index contributed by atoms with van der Waals surface area (Å²) in [6, 6.07) is 0. The summed E-state index contributed by atoms with van der Waals surface area (Å²) in [6.07, 6.45) is 0. The van der Waals surface area contributed by atoms with Crippen molar-refractivity contribution >= 4 is 83.2 Å². The summed E-state index contributed by atoms with van der Waals surface area (Å²) in [6.45, 7) is 0. The zero-order chi connectivity index (χ0) is 7.15. The molecule has 0 saturated heterocycles. The van der Waals surface area contributed by atoms with Gasteiger partial charge in [0.1, 0.15) is 0 Å². The van der Waals surface area contributed by atoms with Gasteiger partial charge in [0.05, 0.1) is 0 Å². The first-order chi connectivity index (χ1) is 3.46. The van der Waals surface area contributed by atoms with Gasteiger partial charge in [0, 0.05) is 0 Å². The van der Waals surface area contributed by atoms with E-state index in [0.717, 1.165) is 0 Å². The molecule has 6 nitrogen and oxygen atoms in total. The van der Waals surface area contributed by atoms with Gasteiger partial charge < -0.3 is 0 Å². The normalized spacial score (nSPS) is 5.20. The van der Waals surface area contributed by atoms with Crippen LogP contribution in [0.15, 0.2) is 0 Å². The molecule has 0 rings (SSSR count). The van der Waals surface area contributed by atoms with Crippen LogP contribution in [-0.2, 0) is 43.9 Å². The molecule has 48 valence electrons. The molecule has 0 amide bonds. The van der Waals surface area contributed by atoms with Crippen LogP contribution in [0.2, 0.25) is 0 Å². The molecule has 0 radical (unpaired) electrons. The standard InChI is InChI=1S/Ca.6O.Sr.2Ti/q+2;;;4*-1;+2;;. The summed E-state index contributed by atoms with van der Waals surface area (Å²) in [5.41, 5.74) is 0. The molecule has 0 spiro atoms. The van der Waals surface area contributed by atoms with Gasteiger partial charge in [0.15, 0.2) is 0 Å². The van der Waals surface area contributed by atoms with E-state index in [1.807, 2.05) is 0 Å². The molecule has 0 aromatic rings. The van der Waals surface area contributed by atoms with Crippen LogP contribution in [0.5, 0.6) is 0 Å². The molecule has 0 aliphatic rings. The summed E-state index contributed by atoms with van der Waals surface area (Å²) in [5.74, 6) is 0. The third-order valence-electron chi connectivity index (χ3n) is 0. The van der Waals surface area contributed by atoms with Crippen LogP contribution in [0.1, 0.15) is 0 Å². The van der Waals surface area contributed by atoms with E-state index in [0.29, 0.717) is 0 Å². The molecule has 0 atom stereocenters. The minimum absolute atomic E-state index is 0. The Hall–Kier alpha value is 3.61. The first-order valence-electron chi connectivity index (χ1n) is 1.22. The SMILES string of the molecule is [Ca+2].[O]=[Ti]([O-])[O-].[O]=[Ti]([O-])[O-].[Sr+2]. The van der Waals surface area contributed by atoms with E-state index >= 15 is 0 Å². The van der Waals surface area contributed by atoms with Crippen molar-refractivity contribution in [1.29, 1.82) is 0 Å². The fourth-order valence-electron chi connectivity index (χ4n) is 0. The second-order valence-corrected chi connectivity index (χ2v) is 2.06. The molecule has 0 heterocycles. The van der Waals surface area contributed by atoms with Gasteiger partial charge in [0.25, 0.3) is 0 Å². The summed E-state index contributed by atoms with van der Waals surface area (Å²) in [5, 5.41) is 0. The Labute approximate surface area is 138 Å². The van der Waals surface area contributed by atoms with Crippen LogP contribution in [0.25, 0.3) is 0 Å². The van der Waals surface area contributed by atoms with Gasteiger partial charge in [-0.15, -0.1) is 0 Å². The Balaban J connectivity index is -0.0000000300. The van der Waals surface area contributed by atoms with E-state index < -0.39 is 37.2 Å². The largest absolute Gasteiger partial charge is 2.00 e. The quantitative estimate of drug-likeness (QED) is 0.409. The van der Waals surface area contributed by atoms with E-state index in [2.05, 4.69) is 0 Å². The van der Waals surface area contributed by atoms with Crippen molar-refractivity contribution in [3.8, 4) is 0 Å². The van der Waals surface area contributed by atoms with Crippen molar-refractivity contribution in [2.24, 2.45) is 0 Å². The van der Waals surface area contributed by atoms with Gasteiger partial charge in [-0.2, -0.15) is 0 Å². The Morgan fingerprint density at radius 3 is 0.800 bits per heavy atom. The van der Waals surface area contributed by atoms with Crippen LogP contribution in [-0.4, -0.2) is 83.2 Å². The second-order valence-electron chi connectivity index (χ2n) is 0.500. The zero-order valence-corrected chi connectivity index (χ0v) is 13.7. The Morgan fingerprint density at radius 1 is 0.800 bits per heavy atom. The minimum atomic E-state index is -4.08. The average Bonchev–Trinajstić information content (AvgIpc) is 1.25. The summed E-state index contributed by atoms with van der Waals surface area (Å²) >= 11 is -8.17. The predicted octanol–water partition coefficient (Wildman–Crippen LogP) is -5.76. The Bertz CT molecular complexity index is 73.7. The molecule has 0 N–H and O–H groups in total. The van der Waals surface area contributed by atoms with Crippen LogP contribution >= 0.6 is 0 Å². The monoisotopic (exact) mass is 320 g/mol. The first-order valence-corrected chi connectivity index (χ1v) is 5.05. The molecule has 0 aromatic heterocycles. The molecule has 10 heavy (non-hydrogen) atoms. The maximum absolute atomic E-state index is 8.58. The van der Waals surface area contributed by atoms with Gasteiger partial charge in [-0.3, -0.25) is 0 Å².